The van der Waals surface area contributed by atoms with E-state index >= 15 is 0 Å². The number of carbonyl (C=O) groups is 5. The van der Waals surface area contributed by atoms with Crippen molar-refractivity contribution in [2.24, 2.45) is 0 Å². The Kier molecular flexibility index (Phi) is 14.8. The Morgan fingerprint density at radius 1 is 0.667 bits per heavy atom. The van der Waals surface area contributed by atoms with Gasteiger partial charge in [-0.2, -0.15) is 0 Å². The van der Waals surface area contributed by atoms with Crippen LogP contribution >= 0.6 is 0 Å². The summed E-state index contributed by atoms with van der Waals surface area (Å²) in [4.78, 5) is 57.0. The van der Waals surface area contributed by atoms with Crippen LogP contribution < -0.4 is 10.6 Å². The van der Waals surface area contributed by atoms with E-state index in [9.17, 15) is 24.0 Å². The molecule has 30 heavy (non-hydrogen) atoms. The molecule has 0 bridgehead atoms. The molecule has 0 aliphatic heterocycles. The van der Waals surface area contributed by atoms with E-state index < -0.39 is 54.6 Å². The lowest BCUT2D eigenvalue weighted by Gasteiger charge is -2.19. The minimum atomic E-state index is -1.72. The summed E-state index contributed by atoms with van der Waals surface area (Å²) in [5.74, 6) is -5.92. The Morgan fingerprint density at radius 3 is 1.60 bits per heavy atom. The third-order valence-corrected chi connectivity index (χ3v) is 4.53. The molecule has 5 N–H and O–H groups in total. The number of rotatable bonds is 18. The van der Waals surface area contributed by atoms with Gasteiger partial charge in [-0.05, 0) is 6.42 Å². The molecule has 0 saturated heterocycles. The van der Waals surface area contributed by atoms with E-state index in [-0.39, 0.29) is 6.42 Å². The van der Waals surface area contributed by atoms with Crippen LogP contribution in [-0.4, -0.2) is 57.1 Å². The minimum absolute atomic E-state index is 0.122. The first kappa shape index (κ1) is 27.4. The Hall–Kier alpha value is -2.65. The molecule has 2 amide bonds. The van der Waals surface area contributed by atoms with Crippen LogP contribution in [0.15, 0.2) is 0 Å². The Bertz CT molecular complexity index is 579. The molecule has 0 fully saturated rings. The highest BCUT2D eigenvalue weighted by Crippen LogP contribution is 2.10. The summed E-state index contributed by atoms with van der Waals surface area (Å²) in [5, 5.41) is 30.9. The highest BCUT2D eigenvalue weighted by atomic mass is 16.4. The summed E-state index contributed by atoms with van der Waals surface area (Å²) < 4.78 is 0. The van der Waals surface area contributed by atoms with Crippen molar-refractivity contribution in [1.82, 2.24) is 10.6 Å². The number of nitrogens with one attached hydrogen (secondary N) is 2. The van der Waals surface area contributed by atoms with Gasteiger partial charge < -0.3 is 26.0 Å². The second kappa shape index (κ2) is 16.2. The number of hydrogen-bond acceptors (Lipinski definition) is 5. The first-order valence-corrected chi connectivity index (χ1v) is 10.4. The Morgan fingerprint density at radius 2 is 1.13 bits per heavy atom. The van der Waals surface area contributed by atoms with Gasteiger partial charge in [-0.3, -0.25) is 19.2 Å². The first-order valence-electron chi connectivity index (χ1n) is 10.4. The van der Waals surface area contributed by atoms with Crippen LogP contribution in [0.3, 0.4) is 0 Å². The predicted octanol–water partition coefficient (Wildman–Crippen LogP) is 1.91. The minimum Gasteiger partial charge on any atom is -0.481 e. The topological polar surface area (TPSA) is 170 Å². The molecule has 2 unspecified atom stereocenters. The molecule has 0 radical (unpaired) electrons. The second-order valence-corrected chi connectivity index (χ2v) is 7.29. The molecular formula is C20H34N2O8. The fraction of sp³-hybridized carbons (Fsp3) is 0.750. The number of hydrogen-bond donors (Lipinski definition) is 5. The van der Waals surface area contributed by atoms with Gasteiger partial charge in [0.1, 0.15) is 12.1 Å². The second-order valence-electron chi connectivity index (χ2n) is 7.29. The molecule has 172 valence electrons. The van der Waals surface area contributed by atoms with Gasteiger partial charge in [0.15, 0.2) is 0 Å². The predicted molar refractivity (Wildman–Crippen MR) is 108 cm³/mol. The third-order valence-electron chi connectivity index (χ3n) is 4.53. The molecule has 0 rings (SSSR count). The van der Waals surface area contributed by atoms with Crippen LogP contribution in [0.2, 0.25) is 0 Å². The van der Waals surface area contributed by atoms with Crippen molar-refractivity contribution in [3.8, 4) is 0 Å². The summed E-state index contributed by atoms with van der Waals surface area (Å²) in [5.41, 5.74) is 0. The average molecular weight is 430 g/mol. The molecule has 0 aliphatic carbocycles. The van der Waals surface area contributed by atoms with Crippen LogP contribution in [0.25, 0.3) is 0 Å². The highest BCUT2D eigenvalue weighted by Gasteiger charge is 2.29. The van der Waals surface area contributed by atoms with Gasteiger partial charge in [0.2, 0.25) is 11.8 Å². The molecule has 0 saturated carbocycles. The van der Waals surface area contributed by atoms with Crippen molar-refractivity contribution in [2.45, 2.75) is 96.1 Å². The molecule has 0 spiro atoms. The standard InChI is InChI=1S/C20H34N2O8/c1-2-3-4-5-6-7-8-9-10-11-16(23)21-14(12-17(24)25)19(28)22-15(20(29)30)13-18(26)27/h14-15H,2-13H2,1H3,(H,21,23)(H,22,28)(H,24,25)(H,26,27)(H,29,30). The molecule has 2 atom stereocenters. The van der Waals surface area contributed by atoms with E-state index in [4.69, 9.17) is 15.3 Å². The summed E-state index contributed by atoms with van der Waals surface area (Å²) in [7, 11) is 0. The lowest BCUT2D eigenvalue weighted by molar-refractivity contribution is -0.148. The third kappa shape index (κ3) is 14.4. The van der Waals surface area contributed by atoms with Gasteiger partial charge >= 0.3 is 17.9 Å². The van der Waals surface area contributed by atoms with Crippen molar-refractivity contribution >= 4 is 29.7 Å². The summed E-state index contributed by atoms with van der Waals surface area (Å²) in [6, 6.07) is -3.20. The van der Waals surface area contributed by atoms with E-state index in [0.29, 0.717) is 6.42 Å². The van der Waals surface area contributed by atoms with E-state index in [1.807, 2.05) is 5.32 Å². The van der Waals surface area contributed by atoms with Gasteiger partial charge in [-0.15, -0.1) is 0 Å². The molecule has 0 aliphatic rings. The number of carboxylic acids is 3. The zero-order valence-electron chi connectivity index (χ0n) is 17.5. The van der Waals surface area contributed by atoms with Crippen LogP contribution in [0.5, 0.6) is 0 Å². The molecule has 0 heterocycles. The Labute approximate surface area is 176 Å². The Balaban J connectivity index is 4.41. The normalized spacial score (nSPS) is 12.6. The number of aliphatic carboxylic acids is 3. The highest BCUT2D eigenvalue weighted by molar-refractivity contribution is 5.93. The van der Waals surface area contributed by atoms with Gasteiger partial charge in [0, 0.05) is 6.42 Å². The van der Waals surface area contributed by atoms with Crippen molar-refractivity contribution < 1.29 is 39.3 Å². The SMILES string of the molecule is CCCCCCCCCCCC(=O)NC(CC(=O)O)C(=O)NC(CC(=O)O)C(=O)O. The molecule has 10 nitrogen and oxygen atoms in total. The largest absolute Gasteiger partial charge is 0.481 e. The number of carbonyl (C=O) groups excluding carboxylic acids is 2. The van der Waals surface area contributed by atoms with E-state index in [0.717, 1.165) is 25.7 Å². The van der Waals surface area contributed by atoms with E-state index in [1.54, 1.807) is 0 Å². The molecule has 0 aromatic carbocycles. The zero-order chi connectivity index (χ0) is 22.9. The van der Waals surface area contributed by atoms with Gasteiger partial charge in [-0.1, -0.05) is 58.3 Å². The van der Waals surface area contributed by atoms with Crippen LogP contribution in [0.1, 0.15) is 84.0 Å². The summed E-state index contributed by atoms with van der Waals surface area (Å²) >= 11 is 0. The molecular weight excluding hydrogens is 396 g/mol. The van der Waals surface area contributed by atoms with Crippen molar-refractivity contribution in [3.05, 3.63) is 0 Å². The fourth-order valence-corrected chi connectivity index (χ4v) is 2.89. The lowest BCUT2D eigenvalue weighted by atomic mass is 10.1. The molecule has 0 aromatic heterocycles. The average Bonchev–Trinajstić information content (AvgIpc) is 2.64. The summed E-state index contributed by atoms with van der Waals surface area (Å²) in [6.45, 7) is 2.16. The van der Waals surface area contributed by atoms with Crippen LogP contribution in [0, 0.1) is 0 Å². The van der Waals surface area contributed by atoms with Gasteiger partial charge in [0.05, 0.1) is 12.8 Å². The smallest absolute Gasteiger partial charge is 0.326 e. The van der Waals surface area contributed by atoms with Crippen molar-refractivity contribution in [1.29, 1.82) is 0 Å². The van der Waals surface area contributed by atoms with Crippen molar-refractivity contribution in [3.63, 3.8) is 0 Å². The number of amides is 2. The maximum Gasteiger partial charge on any atom is 0.326 e. The molecule has 10 heteroatoms. The maximum atomic E-state index is 12.2. The number of unbranched alkanes of at least 4 members (excludes halogenated alkanes) is 8. The summed E-state index contributed by atoms with van der Waals surface area (Å²) in [6.07, 6.45) is 8.09. The molecule has 0 aromatic rings. The first-order chi connectivity index (χ1) is 14.2. The lowest BCUT2D eigenvalue weighted by Crippen LogP contribution is -2.52. The quantitative estimate of drug-likeness (QED) is 0.205. The fourth-order valence-electron chi connectivity index (χ4n) is 2.89. The van der Waals surface area contributed by atoms with E-state index in [2.05, 4.69) is 12.2 Å². The van der Waals surface area contributed by atoms with E-state index in [1.165, 1.54) is 25.7 Å². The van der Waals surface area contributed by atoms with Crippen LogP contribution in [0.4, 0.5) is 0 Å². The monoisotopic (exact) mass is 430 g/mol. The van der Waals surface area contributed by atoms with Crippen LogP contribution in [-0.2, 0) is 24.0 Å². The van der Waals surface area contributed by atoms with Crippen molar-refractivity contribution in [2.75, 3.05) is 0 Å². The van der Waals surface area contributed by atoms with Gasteiger partial charge in [0.25, 0.3) is 0 Å². The zero-order valence-corrected chi connectivity index (χ0v) is 17.5. The maximum absolute atomic E-state index is 12.2. The van der Waals surface area contributed by atoms with Gasteiger partial charge in [-0.25, -0.2) is 4.79 Å². The number of carboxylic acid groups (broad SMARTS) is 3.